The number of allylic oxidation sites excluding steroid dienone is 2. The molecule has 2 heteroatoms. The molecular weight excluding hydrogens is 166 g/mol. The largest absolute Gasteiger partial charge is 0.251 e. The monoisotopic (exact) mass is 173 g/mol. The molecule has 0 aliphatic carbocycles. The summed E-state index contributed by atoms with van der Waals surface area (Å²) < 4.78 is 1.08. The molecule has 44 valence electrons. The van der Waals surface area contributed by atoms with Gasteiger partial charge in [-0.25, -0.2) is 0 Å². The van der Waals surface area contributed by atoms with E-state index in [9.17, 15) is 0 Å². The Morgan fingerprint density at radius 2 is 2.50 bits per heavy atom. The van der Waals surface area contributed by atoms with Crippen molar-refractivity contribution >= 4 is 20.6 Å². The van der Waals surface area contributed by atoms with Gasteiger partial charge in [0.1, 0.15) is 0 Å². The van der Waals surface area contributed by atoms with E-state index in [2.05, 4.69) is 27.0 Å². The van der Waals surface area contributed by atoms with Gasteiger partial charge < -0.3 is 0 Å². The predicted octanol–water partition coefficient (Wildman–Crippen LogP) is 2.48. The van der Waals surface area contributed by atoms with Gasteiger partial charge in [-0.2, -0.15) is 0 Å². The maximum atomic E-state index is 4.18. The average Bonchev–Trinajstić information content (AvgIpc) is 1.64. The number of nitrogens with zero attached hydrogens (tertiary/aromatic N) is 1. The van der Waals surface area contributed by atoms with Crippen LogP contribution in [0.1, 0.15) is 19.8 Å². The first-order valence-corrected chi connectivity index (χ1v) is 3.48. The summed E-state index contributed by atoms with van der Waals surface area (Å²) in [7, 11) is 0. The first kappa shape index (κ1) is 6.02. The number of hydrogen-bond acceptors (Lipinski definition) is 1. The Hall–Kier alpha value is -0.110. The number of halogens is 1. The van der Waals surface area contributed by atoms with E-state index in [1.165, 1.54) is 0 Å². The van der Waals surface area contributed by atoms with E-state index in [1.54, 1.807) is 0 Å². The standard InChI is InChI=1S/C6H8BrN/c1-5-3-2-4-6(7)8-5/h3H,2,4H2,1H3. The fraction of sp³-hybridized carbons (Fsp3) is 0.500. The summed E-state index contributed by atoms with van der Waals surface area (Å²) in [6.07, 6.45) is 4.35. The molecule has 0 radical (unpaired) electrons. The lowest BCUT2D eigenvalue weighted by atomic mass is 10.2. The fourth-order valence-electron chi connectivity index (χ4n) is 0.693. The van der Waals surface area contributed by atoms with Crippen molar-refractivity contribution in [2.24, 2.45) is 4.99 Å². The van der Waals surface area contributed by atoms with Gasteiger partial charge in [0.25, 0.3) is 0 Å². The molecular formula is C6H8BrN. The lowest BCUT2D eigenvalue weighted by molar-refractivity contribution is 1.04. The Labute approximate surface area is 57.6 Å². The maximum absolute atomic E-state index is 4.18. The first-order chi connectivity index (χ1) is 3.79. The first-order valence-electron chi connectivity index (χ1n) is 2.69. The molecule has 0 spiro atoms. The summed E-state index contributed by atoms with van der Waals surface area (Å²) in [6.45, 7) is 2.01. The van der Waals surface area contributed by atoms with Crippen LogP contribution in [0.5, 0.6) is 0 Å². The number of aliphatic imine (C=N–C) groups is 1. The fourth-order valence-corrected chi connectivity index (χ4v) is 1.20. The Balaban J connectivity index is 2.69. The molecule has 1 nitrogen and oxygen atoms in total. The molecule has 0 aromatic rings. The smallest absolute Gasteiger partial charge is 0.0835 e. The van der Waals surface area contributed by atoms with Crippen molar-refractivity contribution in [2.45, 2.75) is 19.8 Å². The summed E-state index contributed by atoms with van der Waals surface area (Å²) >= 11 is 3.34. The van der Waals surface area contributed by atoms with E-state index in [4.69, 9.17) is 0 Å². The van der Waals surface area contributed by atoms with E-state index in [1.807, 2.05) is 6.92 Å². The van der Waals surface area contributed by atoms with Crippen LogP contribution in [-0.2, 0) is 0 Å². The van der Waals surface area contributed by atoms with Gasteiger partial charge in [-0.15, -0.1) is 0 Å². The van der Waals surface area contributed by atoms with Gasteiger partial charge in [-0.3, -0.25) is 4.99 Å². The van der Waals surface area contributed by atoms with Crippen LogP contribution in [0.15, 0.2) is 16.8 Å². The van der Waals surface area contributed by atoms with Crippen molar-refractivity contribution in [3.8, 4) is 0 Å². The molecule has 0 unspecified atom stereocenters. The van der Waals surface area contributed by atoms with E-state index in [0.29, 0.717) is 0 Å². The lowest BCUT2D eigenvalue weighted by Crippen LogP contribution is -1.91. The van der Waals surface area contributed by atoms with Gasteiger partial charge in [-0.05, 0) is 35.7 Å². The highest BCUT2D eigenvalue weighted by Gasteiger charge is 1.97. The van der Waals surface area contributed by atoms with Gasteiger partial charge in [0.2, 0.25) is 0 Å². The molecule has 1 rings (SSSR count). The van der Waals surface area contributed by atoms with Crippen molar-refractivity contribution in [3.63, 3.8) is 0 Å². The minimum atomic E-state index is 1.07. The molecule has 0 N–H and O–H groups in total. The van der Waals surface area contributed by atoms with Crippen LogP contribution in [0, 0.1) is 0 Å². The molecule has 0 bridgehead atoms. The van der Waals surface area contributed by atoms with Crippen LogP contribution < -0.4 is 0 Å². The Bertz CT molecular complexity index is 147. The quantitative estimate of drug-likeness (QED) is 0.534. The van der Waals surface area contributed by atoms with Gasteiger partial charge in [0.15, 0.2) is 0 Å². The second-order valence-electron chi connectivity index (χ2n) is 1.87. The van der Waals surface area contributed by atoms with Crippen LogP contribution in [0.3, 0.4) is 0 Å². The topological polar surface area (TPSA) is 12.4 Å². The van der Waals surface area contributed by atoms with Crippen molar-refractivity contribution in [1.82, 2.24) is 0 Å². The SMILES string of the molecule is CC1=CCCC(Br)=N1. The van der Waals surface area contributed by atoms with Crippen LogP contribution in [-0.4, -0.2) is 4.62 Å². The average molecular weight is 174 g/mol. The maximum Gasteiger partial charge on any atom is 0.0835 e. The molecule has 0 atom stereocenters. The van der Waals surface area contributed by atoms with Gasteiger partial charge >= 0.3 is 0 Å². The van der Waals surface area contributed by atoms with Gasteiger partial charge in [-0.1, -0.05) is 6.08 Å². The zero-order valence-corrected chi connectivity index (χ0v) is 6.40. The molecule has 0 aromatic carbocycles. The predicted molar refractivity (Wildman–Crippen MR) is 39.4 cm³/mol. The zero-order valence-electron chi connectivity index (χ0n) is 4.82. The molecule has 0 aromatic heterocycles. The van der Waals surface area contributed by atoms with E-state index in [0.717, 1.165) is 23.2 Å². The second-order valence-corrected chi connectivity index (χ2v) is 2.79. The molecule has 0 saturated carbocycles. The third-order valence-corrected chi connectivity index (χ3v) is 1.66. The van der Waals surface area contributed by atoms with E-state index < -0.39 is 0 Å². The summed E-state index contributed by atoms with van der Waals surface area (Å²) in [5, 5.41) is 0. The molecule has 0 fully saturated rings. The van der Waals surface area contributed by atoms with Crippen LogP contribution in [0.4, 0.5) is 0 Å². The minimum Gasteiger partial charge on any atom is -0.251 e. The summed E-state index contributed by atoms with van der Waals surface area (Å²) in [5.74, 6) is 0. The number of hydrogen-bond donors (Lipinski definition) is 0. The molecule has 0 saturated heterocycles. The Morgan fingerprint density at radius 1 is 1.75 bits per heavy atom. The highest BCUT2D eigenvalue weighted by atomic mass is 79.9. The summed E-state index contributed by atoms with van der Waals surface area (Å²) in [4.78, 5) is 4.18. The molecule has 1 aliphatic heterocycles. The highest BCUT2D eigenvalue weighted by molar-refractivity contribution is 9.18. The van der Waals surface area contributed by atoms with Crippen LogP contribution in [0.2, 0.25) is 0 Å². The van der Waals surface area contributed by atoms with Crippen molar-refractivity contribution < 1.29 is 0 Å². The lowest BCUT2D eigenvalue weighted by Gasteiger charge is -2.02. The minimum absolute atomic E-state index is 1.07. The molecule has 1 heterocycles. The van der Waals surface area contributed by atoms with Crippen molar-refractivity contribution in [1.29, 1.82) is 0 Å². The molecule has 8 heavy (non-hydrogen) atoms. The second kappa shape index (κ2) is 2.44. The third-order valence-electron chi connectivity index (χ3n) is 1.09. The summed E-state index contributed by atoms with van der Waals surface area (Å²) in [6, 6.07) is 0. The van der Waals surface area contributed by atoms with Crippen LogP contribution in [0.25, 0.3) is 0 Å². The van der Waals surface area contributed by atoms with Crippen molar-refractivity contribution in [3.05, 3.63) is 11.8 Å². The molecule has 1 aliphatic rings. The normalized spacial score (nSPS) is 19.8. The zero-order chi connectivity index (χ0) is 5.98. The molecule has 0 amide bonds. The van der Waals surface area contributed by atoms with Crippen LogP contribution >= 0.6 is 15.9 Å². The Morgan fingerprint density at radius 3 is 2.88 bits per heavy atom. The van der Waals surface area contributed by atoms with Gasteiger partial charge in [0.05, 0.1) is 4.62 Å². The Kier molecular flexibility index (Phi) is 1.84. The van der Waals surface area contributed by atoms with Gasteiger partial charge in [0, 0.05) is 5.70 Å². The summed E-state index contributed by atoms with van der Waals surface area (Å²) in [5.41, 5.74) is 1.13. The number of rotatable bonds is 0. The van der Waals surface area contributed by atoms with E-state index in [-0.39, 0.29) is 0 Å². The highest BCUT2D eigenvalue weighted by Crippen LogP contribution is 2.12. The van der Waals surface area contributed by atoms with E-state index >= 15 is 0 Å². The third kappa shape index (κ3) is 1.44. The van der Waals surface area contributed by atoms with Crippen molar-refractivity contribution in [2.75, 3.05) is 0 Å².